The van der Waals surface area contributed by atoms with Gasteiger partial charge in [0.05, 0.1) is 0 Å². The average Bonchev–Trinajstić information content (AvgIpc) is 3.30. The second-order valence-corrected chi connectivity index (χ2v) is 5.11. The summed E-state index contributed by atoms with van der Waals surface area (Å²) >= 11 is 0. The van der Waals surface area contributed by atoms with Crippen molar-refractivity contribution in [1.29, 1.82) is 0 Å². The molecule has 1 aromatic carbocycles. The smallest absolute Gasteiger partial charge is 0.251 e. The molecule has 1 aliphatic carbocycles. The van der Waals surface area contributed by atoms with E-state index in [1.54, 1.807) is 13.1 Å². The third-order valence-corrected chi connectivity index (χ3v) is 3.55. The van der Waals surface area contributed by atoms with Crippen LogP contribution in [0.3, 0.4) is 0 Å². The molecule has 0 atom stereocenters. The minimum atomic E-state index is -0.0664. The first-order chi connectivity index (χ1) is 9.61. The molecule has 0 aliphatic heterocycles. The Morgan fingerprint density at radius 1 is 1.50 bits per heavy atom. The number of nitrogens with zero attached hydrogens (tertiary/aromatic N) is 2. The van der Waals surface area contributed by atoms with Crippen molar-refractivity contribution >= 4 is 11.9 Å². The standard InChI is InChI=1S/C15H22N4O/c1-17-14(20)12-5-3-4-11(10-12)8-9-18-15(16)19(2)13-6-7-13/h3-5,10,13H,6-9H2,1-2H3,(H2,16,18)(H,17,20). The first-order valence-corrected chi connectivity index (χ1v) is 6.95. The van der Waals surface area contributed by atoms with Crippen LogP contribution in [0, 0.1) is 0 Å². The molecule has 1 aliphatic rings. The summed E-state index contributed by atoms with van der Waals surface area (Å²) in [5.41, 5.74) is 7.71. The van der Waals surface area contributed by atoms with Gasteiger partial charge in [-0.2, -0.15) is 0 Å². The summed E-state index contributed by atoms with van der Waals surface area (Å²) in [6.07, 6.45) is 3.20. The SMILES string of the molecule is CNC(=O)c1cccc(CCN=C(N)N(C)C2CC2)c1. The summed E-state index contributed by atoms with van der Waals surface area (Å²) in [6, 6.07) is 8.18. The minimum absolute atomic E-state index is 0.0664. The van der Waals surface area contributed by atoms with Gasteiger partial charge in [-0.25, -0.2) is 0 Å². The molecule has 0 heterocycles. The normalized spacial score (nSPS) is 15.0. The fourth-order valence-electron chi connectivity index (χ4n) is 2.07. The monoisotopic (exact) mass is 274 g/mol. The molecule has 0 unspecified atom stereocenters. The van der Waals surface area contributed by atoms with E-state index in [9.17, 15) is 4.79 Å². The van der Waals surface area contributed by atoms with E-state index in [1.807, 2.05) is 30.1 Å². The lowest BCUT2D eigenvalue weighted by Crippen LogP contribution is -2.35. The zero-order chi connectivity index (χ0) is 14.5. The summed E-state index contributed by atoms with van der Waals surface area (Å²) in [6.45, 7) is 0.639. The fourth-order valence-corrected chi connectivity index (χ4v) is 2.07. The Balaban J connectivity index is 1.90. The third kappa shape index (κ3) is 3.73. The number of hydrogen-bond acceptors (Lipinski definition) is 2. The van der Waals surface area contributed by atoms with Crippen molar-refractivity contribution in [1.82, 2.24) is 10.2 Å². The summed E-state index contributed by atoms with van der Waals surface area (Å²) in [5.74, 6) is 0.540. The van der Waals surface area contributed by atoms with Crippen molar-refractivity contribution in [2.45, 2.75) is 25.3 Å². The molecule has 20 heavy (non-hydrogen) atoms. The van der Waals surface area contributed by atoms with E-state index in [2.05, 4.69) is 10.3 Å². The second kappa shape index (κ2) is 6.41. The molecule has 0 bridgehead atoms. The molecule has 0 radical (unpaired) electrons. The van der Waals surface area contributed by atoms with Gasteiger partial charge in [-0.05, 0) is 37.0 Å². The van der Waals surface area contributed by atoms with Crippen LogP contribution in [0.15, 0.2) is 29.3 Å². The lowest BCUT2D eigenvalue weighted by atomic mass is 10.1. The first kappa shape index (κ1) is 14.4. The maximum atomic E-state index is 11.6. The number of nitrogens with one attached hydrogen (secondary N) is 1. The highest BCUT2D eigenvalue weighted by Gasteiger charge is 2.27. The Morgan fingerprint density at radius 2 is 2.25 bits per heavy atom. The van der Waals surface area contributed by atoms with Gasteiger partial charge in [0.2, 0.25) is 0 Å². The lowest BCUT2D eigenvalue weighted by Gasteiger charge is -2.16. The van der Waals surface area contributed by atoms with Crippen LogP contribution in [0.2, 0.25) is 0 Å². The summed E-state index contributed by atoms with van der Waals surface area (Å²) in [5, 5.41) is 2.62. The van der Waals surface area contributed by atoms with Crippen molar-refractivity contribution in [3.63, 3.8) is 0 Å². The number of benzene rings is 1. The van der Waals surface area contributed by atoms with Crippen LogP contribution >= 0.6 is 0 Å². The van der Waals surface area contributed by atoms with Crippen molar-refractivity contribution in [3.8, 4) is 0 Å². The quantitative estimate of drug-likeness (QED) is 0.621. The molecule has 1 fully saturated rings. The van der Waals surface area contributed by atoms with Crippen molar-refractivity contribution < 1.29 is 4.79 Å². The summed E-state index contributed by atoms with van der Waals surface area (Å²) < 4.78 is 0. The van der Waals surface area contributed by atoms with Gasteiger partial charge in [0.1, 0.15) is 0 Å². The van der Waals surface area contributed by atoms with Crippen LogP contribution in [0.5, 0.6) is 0 Å². The molecule has 0 aromatic heterocycles. The van der Waals surface area contributed by atoms with Gasteiger partial charge in [0, 0.05) is 32.2 Å². The molecule has 1 saturated carbocycles. The van der Waals surface area contributed by atoms with Gasteiger partial charge in [-0.3, -0.25) is 9.79 Å². The van der Waals surface area contributed by atoms with Crippen LogP contribution in [-0.2, 0) is 6.42 Å². The highest BCUT2D eigenvalue weighted by Crippen LogP contribution is 2.24. The van der Waals surface area contributed by atoms with Crippen LogP contribution < -0.4 is 11.1 Å². The van der Waals surface area contributed by atoms with E-state index in [4.69, 9.17) is 5.73 Å². The molecule has 5 nitrogen and oxygen atoms in total. The minimum Gasteiger partial charge on any atom is -0.370 e. The van der Waals surface area contributed by atoms with Crippen molar-refractivity contribution in [3.05, 3.63) is 35.4 Å². The van der Waals surface area contributed by atoms with Crippen LogP contribution in [-0.4, -0.2) is 43.4 Å². The molecular formula is C15H22N4O. The molecule has 1 aromatic rings. The van der Waals surface area contributed by atoms with E-state index in [0.717, 1.165) is 12.0 Å². The molecule has 5 heteroatoms. The van der Waals surface area contributed by atoms with E-state index < -0.39 is 0 Å². The van der Waals surface area contributed by atoms with Gasteiger partial charge >= 0.3 is 0 Å². The predicted molar refractivity (Wildman–Crippen MR) is 80.8 cm³/mol. The Bertz CT molecular complexity index is 508. The van der Waals surface area contributed by atoms with E-state index in [0.29, 0.717) is 24.1 Å². The number of carbonyl (C=O) groups excluding carboxylic acids is 1. The van der Waals surface area contributed by atoms with Gasteiger partial charge in [-0.1, -0.05) is 12.1 Å². The number of rotatable bonds is 5. The lowest BCUT2D eigenvalue weighted by molar-refractivity contribution is 0.0963. The predicted octanol–water partition coefficient (Wildman–Crippen LogP) is 0.998. The number of guanidine groups is 1. The summed E-state index contributed by atoms with van der Waals surface area (Å²) in [4.78, 5) is 18.0. The third-order valence-electron chi connectivity index (χ3n) is 3.55. The Kier molecular flexibility index (Phi) is 4.61. The first-order valence-electron chi connectivity index (χ1n) is 6.95. The van der Waals surface area contributed by atoms with Gasteiger partial charge < -0.3 is 16.0 Å². The maximum absolute atomic E-state index is 11.6. The van der Waals surface area contributed by atoms with Crippen LogP contribution in [0.1, 0.15) is 28.8 Å². The number of amides is 1. The number of hydrogen-bond donors (Lipinski definition) is 2. The highest BCUT2D eigenvalue weighted by atomic mass is 16.1. The molecule has 0 spiro atoms. The van der Waals surface area contributed by atoms with Crippen molar-refractivity contribution in [2.75, 3.05) is 20.6 Å². The molecule has 0 saturated heterocycles. The topological polar surface area (TPSA) is 70.7 Å². The second-order valence-electron chi connectivity index (χ2n) is 5.11. The maximum Gasteiger partial charge on any atom is 0.251 e. The van der Waals surface area contributed by atoms with Crippen LogP contribution in [0.25, 0.3) is 0 Å². The number of aliphatic imine (C=N–C) groups is 1. The average molecular weight is 274 g/mol. The van der Waals surface area contributed by atoms with Crippen molar-refractivity contribution in [2.24, 2.45) is 10.7 Å². The van der Waals surface area contributed by atoms with E-state index in [1.165, 1.54) is 12.8 Å². The van der Waals surface area contributed by atoms with E-state index in [-0.39, 0.29) is 5.91 Å². The zero-order valence-electron chi connectivity index (χ0n) is 12.1. The fraction of sp³-hybridized carbons (Fsp3) is 0.467. The Morgan fingerprint density at radius 3 is 2.90 bits per heavy atom. The van der Waals surface area contributed by atoms with Gasteiger partial charge in [-0.15, -0.1) is 0 Å². The Hall–Kier alpha value is -2.04. The molecule has 108 valence electrons. The molecular weight excluding hydrogens is 252 g/mol. The largest absolute Gasteiger partial charge is 0.370 e. The van der Waals surface area contributed by atoms with Gasteiger partial charge in [0.15, 0.2) is 5.96 Å². The molecule has 2 rings (SSSR count). The molecule has 1 amide bonds. The summed E-state index contributed by atoms with van der Waals surface area (Å²) in [7, 11) is 3.62. The van der Waals surface area contributed by atoms with Gasteiger partial charge in [0.25, 0.3) is 5.91 Å². The van der Waals surface area contributed by atoms with Crippen LogP contribution in [0.4, 0.5) is 0 Å². The Labute approximate surface area is 119 Å². The molecule has 3 N–H and O–H groups in total. The zero-order valence-corrected chi connectivity index (χ0v) is 12.1. The number of carbonyl (C=O) groups is 1. The number of nitrogens with two attached hydrogens (primary N) is 1. The highest BCUT2D eigenvalue weighted by molar-refractivity contribution is 5.94. The van der Waals surface area contributed by atoms with E-state index >= 15 is 0 Å².